The molecule has 0 saturated heterocycles. The highest BCUT2D eigenvalue weighted by Crippen LogP contribution is 2.31. The maximum atomic E-state index is 12.2. The largest absolute Gasteiger partial charge is 0.351 e. The van der Waals surface area contributed by atoms with E-state index < -0.39 is 0 Å². The molecule has 1 N–H and O–H groups in total. The topological polar surface area (TPSA) is 55.1 Å². The number of carbonyl (C=O) groups is 1. The van der Waals surface area contributed by atoms with Crippen molar-refractivity contribution in [3.8, 4) is 0 Å². The van der Waals surface area contributed by atoms with Crippen molar-refractivity contribution in [1.82, 2.24) is 24.6 Å². The molecule has 0 spiro atoms. The number of nitrogens with zero attached hydrogens (tertiary/aromatic N) is 4. The molecule has 6 heteroatoms. The van der Waals surface area contributed by atoms with Gasteiger partial charge in [-0.25, -0.2) is 0 Å². The first-order valence-electron chi connectivity index (χ1n) is 8.88. The summed E-state index contributed by atoms with van der Waals surface area (Å²) in [5.41, 5.74) is 2.00. The average molecular weight is 327 g/mol. The van der Waals surface area contributed by atoms with Gasteiger partial charge in [0.25, 0.3) is 5.91 Å². The zero-order valence-corrected chi connectivity index (χ0v) is 14.2. The van der Waals surface area contributed by atoms with Gasteiger partial charge < -0.3 is 9.88 Å². The van der Waals surface area contributed by atoms with E-state index in [1.165, 1.54) is 25.0 Å². The van der Waals surface area contributed by atoms with E-state index in [0.717, 1.165) is 25.6 Å². The Balaban J connectivity index is 1.37. The van der Waals surface area contributed by atoms with Gasteiger partial charge in [0.15, 0.2) is 0 Å². The standard InChI is InChI=1S/C18H25N5O/c1-21-11-3-6-17(21)18(24)19-9-7-15-12-22(14-4-2-5-14)13-16-8-10-20-23(15)16/h3,6,8,10-11,14-15H,2,4-5,7,9,12-13H2,1H3,(H,19,24)/t15-/m1/s1. The van der Waals surface area contributed by atoms with Gasteiger partial charge in [-0.15, -0.1) is 0 Å². The SMILES string of the molecule is Cn1cccc1C(=O)NCC[C@@H]1CN(C2CCC2)Cc2ccnn21. The molecule has 1 saturated carbocycles. The summed E-state index contributed by atoms with van der Waals surface area (Å²) in [4.78, 5) is 14.8. The van der Waals surface area contributed by atoms with Crippen LogP contribution in [0, 0.1) is 0 Å². The van der Waals surface area contributed by atoms with E-state index in [1.807, 2.05) is 36.1 Å². The second-order valence-electron chi connectivity index (χ2n) is 6.98. The molecule has 4 rings (SSSR count). The summed E-state index contributed by atoms with van der Waals surface area (Å²) in [6, 6.07) is 6.95. The third kappa shape index (κ3) is 2.86. The number of hydrogen-bond donors (Lipinski definition) is 1. The third-order valence-electron chi connectivity index (χ3n) is 5.44. The lowest BCUT2D eigenvalue weighted by atomic mass is 9.90. The monoisotopic (exact) mass is 327 g/mol. The number of carbonyl (C=O) groups excluding carboxylic acids is 1. The second kappa shape index (κ2) is 6.43. The number of hydrogen-bond acceptors (Lipinski definition) is 3. The summed E-state index contributed by atoms with van der Waals surface area (Å²) in [6.07, 6.45) is 8.71. The molecule has 0 unspecified atom stereocenters. The Morgan fingerprint density at radius 3 is 2.96 bits per heavy atom. The molecule has 0 bridgehead atoms. The van der Waals surface area contributed by atoms with Crippen LogP contribution in [0.5, 0.6) is 0 Å². The molecule has 1 atom stereocenters. The predicted molar refractivity (Wildman–Crippen MR) is 91.7 cm³/mol. The van der Waals surface area contributed by atoms with E-state index in [0.29, 0.717) is 18.3 Å². The van der Waals surface area contributed by atoms with Crippen molar-refractivity contribution in [2.24, 2.45) is 7.05 Å². The van der Waals surface area contributed by atoms with Crippen molar-refractivity contribution in [3.63, 3.8) is 0 Å². The van der Waals surface area contributed by atoms with Crippen LogP contribution in [0.3, 0.4) is 0 Å². The summed E-state index contributed by atoms with van der Waals surface area (Å²) in [5, 5.41) is 7.56. The second-order valence-corrected chi connectivity index (χ2v) is 6.98. The Kier molecular flexibility index (Phi) is 4.14. The number of fused-ring (bicyclic) bond motifs is 1. The predicted octanol–water partition coefficient (Wildman–Crippen LogP) is 1.95. The van der Waals surface area contributed by atoms with Crippen LogP contribution in [0.25, 0.3) is 0 Å². The molecule has 128 valence electrons. The molecule has 1 aliphatic carbocycles. The minimum absolute atomic E-state index is 0.00477. The first-order chi connectivity index (χ1) is 11.7. The van der Waals surface area contributed by atoms with Gasteiger partial charge in [-0.3, -0.25) is 14.4 Å². The molecule has 0 aromatic carbocycles. The van der Waals surface area contributed by atoms with Crippen LogP contribution in [0.4, 0.5) is 0 Å². The van der Waals surface area contributed by atoms with Gasteiger partial charge in [-0.1, -0.05) is 6.42 Å². The zero-order valence-electron chi connectivity index (χ0n) is 14.2. The lowest BCUT2D eigenvalue weighted by Crippen LogP contribution is -2.47. The molecule has 1 fully saturated rings. The molecule has 24 heavy (non-hydrogen) atoms. The van der Waals surface area contributed by atoms with Crippen LogP contribution >= 0.6 is 0 Å². The van der Waals surface area contributed by atoms with Crippen LogP contribution in [-0.2, 0) is 13.6 Å². The Bertz CT molecular complexity index is 715. The summed E-state index contributed by atoms with van der Waals surface area (Å²) in [6.45, 7) is 2.72. The molecule has 3 heterocycles. The van der Waals surface area contributed by atoms with Gasteiger partial charge >= 0.3 is 0 Å². The summed E-state index contributed by atoms with van der Waals surface area (Å²) in [7, 11) is 1.89. The zero-order chi connectivity index (χ0) is 16.5. The minimum Gasteiger partial charge on any atom is -0.351 e. The smallest absolute Gasteiger partial charge is 0.267 e. The van der Waals surface area contributed by atoms with Crippen molar-refractivity contribution < 1.29 is 4.79 Å². The van der Waals surface area contributed by atoms with Crippen molar-refractivity contribution >= 4 is 5.91 Å². The first-order valence-corrected chi connectivity index (χ1v) is 8.88. The Morgan fingerprint density at radius 1 is 1.38 bits per heavy atom. The van der Waals surface area contributed by atoms with E-state index in [-0.39, 0.29) is 5.91 Å². The number of amides is 1. The van der Waals surface area contributed by atoms with E-state index in [4.69, 9.17) is 0 Å². The summed E-state index contributed by atoms with van der Waals surface area (Å²) < 4.78 is 4.00. The summed E-state index contributed by atoms with van der Waals surface area (Å²) >= 11 is 0. The molecule has 0 radical (unpaired) electrons. The number of aryl methyl sites for hydroxylation is 1. The molecule has 2 aliphatic rings. The Hall–Kier alpha value is -2.08. The van der Waals surface area contributed by atoms with Gasteiger partial charge in [-0.2, -0.15) is 5.10 Å². The van der Waals surface area contributed by atoms with Gasteiger partial charge in [0.2, 0.25) is 0 Å². The normalized spacial score (nSPS) is 21.3. The molecule has 2 aromatic heterocycles. The van der Waals surface area contributed by atoms with Crippen molar-refractivity contribution in [1.29, 1.82) is 0 Å². The molecular weight excluding hydrogens is 302 g/mol. The van der Waals surface area contributed by atoms with Gasteiger partial charge in [0, 0.05) is 45.1 Å². The number of aromatic nitrogens is 3. The number of rotatable bonds is 5. The van der Waals surface area contributed by atoms with Crippen LogP contribution in [-0.4, -0.2) is 44.3 Å². The lowest BCUT2D eigenvalue weighted by Gasteiger charge is -2.42. The first kappa shape index (κ1) is 15.4. The minimum atomic E-state index is -0.00477. The highest BCUT2D eigenvalue weighted by atomic mass is 16.1. The fourth-order valence-electron chi connectivity index (χ4n) is 3.80. The highest BCUT2D eigenvalue weighted by molar-refractivity contribution is 5.92. The maximum Gasteiger partial charge on any atom is 0.267 e. The molecular formula is C18H25N5O. The summed E-state index contributed by atoms with van der Waals surface area (Å²) in [5.74, 6) is -0.00477. The molecule has 2 aromatic rings. The molecule has 1 aliphatic heterocycles. The highest BCUT2D eigenvalue weighted by Gasteiger charge is 2.32. The fourth-order valence-corrected chi connectivity index (χ4v) is 3.80. The van der Waals surface area contributed by atoms with Crippen LogP contribution < -0.4 is 5.32 Å². The Labute approximate surface area is 142 Å². The number of nitrogens with one attached hydrogen (secondary N) is 1. The van der Waals surface area contributed by atoms with Crippen LogP contribution in [0.15, 0.2) is 30.6 Å². The van der Waals surface area contributed by atoms with Gasteiger partial charge in [-0.05, 0) is 37.5 Å². The van der Waals surface area contributed by atoms with Gasteiger partial charge in [0.05, 0.1) is 11.7 Å². The van der Waals surface area contributed by atoms with E-state index in [1.54, 1.807) is 0 Å². The Morgan fingerprint density at radius 2 is 2.25 bits per heavy atom. The molecule has 6 nitrogen and oxygen atoms in total. The van der Waals surface area contributed by atoms with Crippen molar-refractivity contribution in [3.05, 3.63) is 42.0 Å². The van der Waals surface area contributed by atoms with E-state index >= 15 is 0 Å². The third-order valence-corrected chi connectivity index (χ3v) is 5.44. The van der Waals surface area contributed by atoms with E-state index in [9.17, 15) is 4.79 Å². The maximum absolute atomic E-state index is 12.2. The molecule has 1 amide bonds. The van der Waals surface area contributed by atoms with Crippen molar-refractivity contribution in [2.45, 2.75) is 44.3 Å². The lowest BCUT2D eigenvalue weighted by molar-refractivity contribution is 0.0722. The van der Waals surface area contributed by atoms with Crippen LogP contribution in [0.2, 0.25) is 0 Å². The van der Waals surface area contributed by atoms with Crippen LogP contribution in [0.1, 0.15) is 47.9 Å². The fraction of sp³-hybridized carbons (Fsp3) is 0.556. The van der Waals surface area contributed by atoms with Gasteiger partial charge in [0.1, 0.15) is 5.69 Å². The van der Waals surface area contributed by atoms with E-state index in [2.05, 4.69) is 26.1 Å². The van der Waals surface area contributed by atoms with Crippen molar-refractivity contribution in [2.75, 3.05) is 13.1 Å². The average Bonchev–Trinajstić information content (AvgIpc) is 3.13. The quantitative estimate of drug-likeness (QED) is 0.913.